The van der Waals surface area contributed by atoms with Gasteiger partial charge in [0.2, 0.25) is 0 Å². The Morgan fingerprint density at radius 1 is 1.25 bits per heavy atom. The highest BCUT2D eigenvalue weighted by Crippen LogP contribution is 2.33. The topological polar surface area (TPSA) is 72.1 Å². The van der Waals surface area contributed by atoms with Crippen LogP contribution in [0.25, 0.3) is 10.6 Å². The molecule has 3 aromatic rings. The van der Waals surface area contributed by atoms with Crippen molar-refractivity contribution < 1.29 is 9.32 Å². The predicted molar refractivity (Wildman–Crippen MR) is 91.9 cm³/mol. The van der Waals surface area contributed by atoms with Gasteiger partial charge in [-0.1, -0.05) is 11.2 Å². The monoisotopic (exact) mass is 342 g/mol. The first-order valence-electron chi connectivity index (χ1n) is 7.53. The van der Waals surface area contributed by atoms with Crippen LogP contribution in [-0.4, -0.2) is 33.0 Å². The number of aromatic nitrogens is 3. The summed E-state index contributed by atoms with van der Waals surface area (Å²) in [4.78, 5) is 23.8. The van der Waals surface area contributed by atoms with E-state index < -0.39 is 0 Å². The molecule has 1 amide bonds. The average Bonchev–Trinajstić information content (AvgIpc) is 3.09. The Balaban J connectivity index is 1.86. The van der Waals surface area contributed by atoms with Gasteiger partial charge in [-0.3, -0.25) is 9.78 Å². The zero-order chi connectivity index (χ0) is 17.3. The Bertz CT molecular complexity index is 851. The summed E-state index contributed by atoms with van der Waals surface area (Å²) in [5, 5.41) is 4.72. The zero-order valence-corrected chi connectivity index (χ0v) is 14.8. The lowest BCUT2D eigenvalue weighted by molar-refractivity contribution is 0.0787. The van der Waals surface area contributed by atoms with Gasteiger partial charge >= 0.3 is 0 Å². The SMILES string of the molecule is Cc1nc(-c2c(C)noc2C)sc1C(=O)N(C)Cc1ccccn1. The number of hydrogen-bond acceptors (Lipinski definition) is 6. The van der Waals surface area contributed by atoms with Crippen LogP contribution in [-0.2, 0) is 6.54 Å². The first kappa shape index (κ1) is 16.3. The van der Waals surface area contributed by atoms with Crippen molar-refractivity contribution in [2.75, 3.05) is 7.05 Å². The summed E-state index contributed by atoms with van der Waals surface area (Å²) >= 11 is 1.37. The number of aryl methyl sites for hydroxylation is 3. The van der Waals surface area contributed by atoms with E-state index in [9.17, 15) is 4.79 Å². The van der Waals surface area contributed by atoms with Crippen LogP contribution in [0, 0.1) is 20.8 Å². The summed E-state index contributed by atoms with van der Waals surface area (Å²) in [7, 11) is 1.77. The van der Waals surface area contributed by atoms with Crippen LogP contribution in [0.1, 0.15) is 32.5 Å². The van der Waals surface area contributed by atoms with E-state index in [1.54, 1.807) is 18.1 Å². The summed E-state index contributed by atoms with van der Waals surface area (Å²) in [6, 6.07) is 5.67. The lowest BCUT2D eigenvalue weighted by atomic mass is 10.2. The third kappa shape index (κ3) is 3.07. The lowest BCUT2D eigenvalue weighted by Gasteiger charge is -2.15. The van der Waals surface area contributed by atoms with Gasteiger partial charge in [-0.15, -0.1) is 11.3 Å². The second-order valence-electron chi connectivity index (χ2n) is 5.62. The molecule has 0 fully saturated rings. The lowest BCUT2D eigenvalue weighted by Crippen LogP contribution is -2.26. The van der Waals surface area contributed by atoms with E-state index >= 15 is 0 Å². The van der Waals surface area contributed by atoms with Gasteiger partial charge in [0.15, 0.2) is 0 Å². The second kappa shape index (κ2) is 6.52. The number of nitrogens with zero attached hydrogens (tertiary/aromatic N) is 4. The number of pyridine rings is 1. The van der Waals surface area contributed by atoms with Crippen molar-refractivity contribution >= 4 is 17.2 Å². The molecule has 3 rings (SSSR count). The number of carbonyl (C=O) groups excluding carboxylic acids is 1. The number of thiazole rings is 1. The molecule has 24 heavy (non-hydrogen) atoms. The van der Waals surface area contributed by atoms with Crippen LogP contribution < -0.4 is 0 Å². The van der Waals surface area contributed by atoms with Gasteiger partial charge < -0.3 is 9.42 Å². The molecule has 124 valence electrons. The third-order valence-corrected chi connectivity index (χ3v) is 4.87. The van der Waals surface area contributed by atoms with E-state index in [0.717, 1.165) is 22.0 Å². The fourth-order valence-electron chi connectivity index (χ4n) is 2.47. The standard InChI is InChI=1S/C17H18N4O2S/c1-10-14(12(3)23-20-10)16-19-11(2)15(24-16)17(22)21(4)9-13-7-5-6-8-18-13/h5-8H,9H2,1-4H3. The summed E-state index contributed by atoms with van der Waals surface area (Å²) in [5.74, 6) is 0.649. The Labute approximate surface area is 144 Å². The Kier molecular flexibility index (Phi) is 4.44. The maximum Gasteiger partial charge on any atom is 0.265 e. The fraction of sp³-hybridized carbons (Fsp3) is 0.294. The van der Waals surface area contributed by atoms with Crippen LogP contribution >= 0.6 is 11.3 Å². The molecule has 0 unspecified atom stereocenters. The maximum atomic E-state index is 12.8. The van der Waals surface area contributed by atoms with Crippen LogP contribution in [0.15, 0.2) is 28.9 Å². The van der Waals surface area contributed by atoms with E-state index in [0.29, 0.717) is 22.9 Å². The van der Waals surface area contributed by atoms with Gasteiger partial charge in [-0.2, -0.15) is 0 Å². The summed E-state index contributed by atoms with van der Waals surface area (Å²) < 4.78 is 5.20. The molecule has 3 aromatic heterocycles. The largest absolute Gasteiger partial charge is 0.361 e. The smallest absolute Gasteiger partial charge is 0.265 e. The van der Waals surface area contributed by atoms with E-state index in [4.69, 9.17) is 4.52 Å². The van der Waals surface area contributed by atoms with E-state index in [-0.39, 0.29) is 5.91 Å². The average molecular weight is 342 g/mol. The van der Waals surface area contributed by atoms with Gasteiger partial charge in [-0.05, 0) is 32.9 Å². The van der Waals surface area contributed by atoms with Crippen molar-refractivity contribution in [2.45, 2.75) is 27.3 Å². The molecule has 7 heteroatoms. The van der Waals surface area contributed by atoms with Crippen molar-refractivity contribution in [3.8, 4) is 10.6 Å². The first-order valence-corrected chi connectivity index (χ1v) is 8.35. The molecule has 0 atom stereocenters. The summed E-state index contributed by atoms with van der Waals surface area (Å²) in [5.41, 5.74) is 3.21. The highest BCUT2D eigenvalue weighted by atomic mass is 32.1. The minimum Gasteiger partial charge on any atom is -0.361 e. The normalized spacial score (nSPS) is 10.8. The molecule has 0 aromatic carbocycles. The van der Waals surface area contributed by atoms with Gasteiger partial charge in [0.1, 0.15) is 15.6 Å². The first-order chi connectivity index (χ1) is 11.5. The molecule has 0 saturated heterocycles. The molecule has 0 aliphatic heterocycles. The van der Waals surface area contributed by atoms with Crippen molar-refractivity contribution in [3.05, 3.63) is 52.1 Å². The van der Waals surface area contributed by atoms with Gasteiger partial charge in [-0.25, -0.2) is 4.98 Å². The van der Waals surface area contributed by atoms with Gasteiger partial charge in [0.25, 0.3) is 5.91 Å². The van der Waals surface area contributed by atoms with Crippen molar-refractivity contribution in [1.29, 1.82) is 0 Å². The minimum atomic E-state index is -0.0614. The number of amides is 1. The predicted octanol–water partition coefficient (Wildman–Crippen LogP) is 3.39. The second-order valence-corrected chi connectivity index (χ2v) is 6.61. The van der Waals surface area contributed by atoms with E-state index in [1.165, 1.54) is 11.3 Å². The van der Waals surface area contributed by atoms with Gasteiger partial charge in [0, 0.05) is 13.2 Å². The minimum absolute atomic E-state index is 0.0614. The molecule has 3 heterocycles. The molecule has 0 spiro atoms. The fourth-order valence-corrected chi connectivity index (χ4v) is 3.68. The summed E-state index contributed by atoms with van der Waals surface area (Å²) in [6.45, 7) is 6.02. The number of hydrogen-bond donors (Lipinski definition) is 0. The number of carbonyl (C=O) groups is 1. The van der Waals surface area contributed by atoms with Gasteiger partial charge in [0.05, 0.1) is 29.2 Å². The maximum absolute atomic E-state index is 12.8. The molecule has 0 aliphatic rings. The molecule has 0 N–H and O–H groups in total. The third-order valence-electron chi connectivity index (χ3n) is 3.71. The highest BCUT2D eigenvalue weighted by molar-refractivity contribution is 7.17. The summed E-state index contributed by atoms with van der Waals surface area (Å²) in [6.07, 6.45) is 1.72. The van der Waals surface area contributed by atoms with Crippen molar-refractivity contribution in [1.82, 2.24) is 20.0 Å². The van der Waals surface area contributed by atoms with E-state index in [1.807, 2.05) is 39.0 Å². The molecular weight excluding hydrogens is 324 g/mol. The Hall–Kier alpha value is -2.54. The zero-order valence-electron chi connectivity index (χ0n) is 14.0. The number of rotatable bonds is 4. The van der Waals surface area contributed by atoms with Crippen LogP contribution in [0.2, 0.25) is 0 Å². The molecule has 0 aliphatic carbocycles. The molecule has 0 saturated carbocycles. The molecule has 0 radical (unpaired) electrons. The van der Waals surface area contributed by atoms with Crippen molar-refractivity contribution in [2.24, 2.45) is 0 Å². The van der Waals surface area contributed by atoms with E-state index in [2.05, 4.69) is 15.1 Å². The van der Waals surface area contributed by atoms with Crippen LogP contribution in [0.4, 0.5) is 0 Å². The Morgan fingerprint density at radius 2 is 2.04 bits per heavy atom. The molecule has 0 bridgehead atoms. The highest BCUT2D eigenvalue weighted by Gasteiger charge is 2.23. The quantitative estimate of drug-likeness (QED) is 0.727. The molecular formula is C17H18N4O2S. The van der Waals surface area contributed by atoms with Crippen LogP contribution in [0.3, 0.4) is 0 Å². The molecule has 6 nitrogen and oxygen atoms in total. The van der Waals surface area contributed by atoms with Crippen molar-refractivity contribution in [3.63, 3.8) is 0 Å². The van der Waals surface area contributed by atoms with Crippen LogP contribution in [0.5, 0.6) is 0 Å². The Morgan fingerprint density at radius 3 is 2.67 bits per heavy atom.